The van der Waals surface area contributed by atoms with Gasteiger partial charge in [0, 0.05) is 82.2 Å². The third-order valence-corrected chi connectivity index (χ3v) is 10.9. The van der Waals surface area contributed by atoms with Crippen molar-refractivity contribution in [2.75, 3.05) is 124 Å². The molecule has 85 heavy (non-hydrogen) atoms. The Hall–Kier alpha value is -6.56. The van der Waals surface area contributed by atoms with Crippen LogP contribution in [0, 0.1) is 0 Å². The van der Waals surface area contributed by atoms with Crippen LogP contribution in [0.4, 0.5) is 0 Å². The van der Waals surface area contributed by atoms with Gasteiger partial charge in [-0.05, 0) is 117 Å². The minimum Gasteiger partial charge on any atom is -0.508 e. The highest BCUT2D eigenvalue weighted by Gasteiger charge is 2.11. The molecular weight excluding hydrogens is 1300 g/mol. The number of aldehydes is 2. The zero-order valence-corrected chi connectivity index (χ0v) is 53.1. The molecule has 0 saturated carbocycles. The van der Waals surface area contributed by atoms with Gasteiger partial charge in [0.1, 0.15) is 84.0 Å². The number of aromatic hydroxyl groups is 5. The molecule has 0 aromatic heterocycles. The molecule has 0 spiro atoms. The Morgan fingerprint density at radius 3 is 1.04 bits per heavy atom. The first kappa shape index (κ1) is 80.5. The topological polar surface area (TPSA) is 283 Å². The summed E-state index contributed by atoms with van der Waals surface area (Å²) in [7, 11) is 12.3. The van der Waals surface area contributed by atoms with Gasteiger partial charge in [0.15, 0.2) is 60.1 Å². The predicted molar refractivity (Wildman–Crippen MR) is 326 cm³/mol. The van der Waals surface area contributed by atoms with E-state index in [-0.39, 0.29) is 94.3 Å². The molecule has 7 rings (SSSR count). The molecule has 0 atom stereocenters. The second-order valence-corrected chi connectivity index (χ2v) is 17.1. The van der Waals surface area contributed by atoms with Crippen LogP contribution in [0.15, 0.2) is 130 Å². The molecule has 6 aromatic carbocycles. The van der Waals surface area contributed by atoms with Crippen LogP contribution < -0.4 is 33.2 Å². The van der Waals surface area contributed by atoms with E-state index < -0.39 is 0 Å². The van der Waals surface area contributed by atoms with Gasteiger partial charge in [0.25, 0.3) is 0 Å². The van der Waals surface area contributed by atoms with Crippen LogP contribution in [0.5, 0.6) is 69.0 Å². The van der Waals surface area contributed by atoms with Crippen LogP contribution in [0.2, 0.25) is 0 Å². The molecule has 27 heteroatoms. The Kier molecular flexibility index (Phi) is 51.3. The lowest BCUT2D eigenvalue weighted by atomic mass is 10.2. The molecule has 0 bridgehead atoms. The monoisotopic (exact) mass is 1370 g/mol. The Balaban J connectivity index is 0. The Morgan fingerprint density at radius 2 is 0.718 bits per heavy atom. The quantitative estimate of drug-likeness (QED) is 0.0214. The highest BCUT2D eigenvalue weighted by atomic mass is 79.9. The average Bonchev–Trinajstić information content (AvgIpc) is 4.16. The number of carbonyl (C=O) groups excluding carboxylic acids is 2. The molecule has 6 aromatic rings. The van der Waals surface area contributed by atoms with Crippen molar-refractivity contribution in [2.24, 2.45) is 0 Å². The number of hydrogen-bond acceptors (Lipinski definition) is 23. The number of benzene rings is 6. The van der Waals surface area contributed by atoms with Gasteiger partial charge in [-0.25, -0.2) is 0 Å². The second-order valence-electron chi connectivity index (χ2n) is 15.3. The maximum Gasteiger partial charge on any atom is 0.188 e. The number of rotatable bonds is 24. The highest BCUT2D eigenvalue weighted by molar-refractivity contribution is 9.11. The van der Waals surface area contributed by atoms with Crippen molar-refractivity contribution < 1.29 is 111 Å². The number of hydrogen-bond donors (Lipinski definition) is 5. The zero-order chi connectivity index (χ0) is 62.6. The van der Waals surface area contributed by atoms with Crippen molar-refractivity contribution in [3.05, 3.63) is 141 Å². The van der Waals surface area contributed by atoms with E-state index in [9.17, 15) is 14.7 Å². The van der Waals surface area contributed by atoms with E-state index >= 15 is 0 Å². The smallest absolute Gasteiger partial charge is 0.188 e. The van der Waals surface area contributed by atoms with Crippen molar-refractivity contribution in [2.45, 2.75) is 12.8 Å². The maximum atomic E-state index is 10.9. The summed E-state index contributed by atoms with van der Waals surface area (Å²) in [5.41, 5.74) is 0.483. The lowest BCUT2D eigenvalue weighted by Crippen LogP contribution is -2.05. The minimum absolute atomic E-state index is 0. The maximum absolute atomic E-state index is 10.9. The first-order valence-electron chi connectivity index (χ1n) is 24.5. The molecule has 0 unspecified atom stereocenters. The van der Waals surface area contributed by atoms with Gasteiger partial charge in [-0.2, -0.15) is 0 Å². The molecule has 23 nitrogen and oxygen atoms in total. The Morgan fingerprint density at radius 1 is 0.412 bits per heavy atom. The normalized spacial score (nSPS) is 10.3. The average molecular weight is 1370 g/mol. The summed E-state index contributed by atoms with van der Waals surface area (Å²) >= 11 is 11.3. The van der Waals surface area contributed by atoms with Crippen molar-refractivity contribution in [1.82, 2.24) is 0 Å². The Bertz CT molecular complexity index is 2500. The molecule has 0 radical (unpaired) electrons. The van der Waals surface area contributed by atoms with Gasteiger partial charge in [-0.15, -0.1) is 12.4 Å². The zero-order valence-electron chi connectivity index (χ0n) is 48.3. The molecule has 0 aliphatic carbocycles. The fraction of sp³-hybridized carbons (Fsp3) is 0.345. The molecule has 1 aliphatic heterocycles. The number of phenolic OH excluding ortho intramolecular Hbond substituents is 5. The van der Waals surface area contributed by atoms with Crippen molar-refractivity contribution in [1.29, 1.82) is 0 Å². The first-order valence-corrected chi connectivity index (χ1v) is 26.7. The van der Waals surface area contributed by atoms with Crippen molar-refractivity contribution in [3.8, 4) is 69.0 Å². The largest absolute Gasteiger partial charge is 0.508 e. The van der Waals surface area contributed by atoms with Gasteiger partial charge in [0.2, 0.25) is 0 Å². The Labute approximate surface area is 523 Å². The van der Waals surface area contributed by atoms with Gasteiger partial charge in [-0.1, -0.05) is 48.0 Å². The molecular formula is C58H76Br2Cl2O23. The number of carbonyl (C=O) groups is 2. The standard InChI is InChI=1S/C11H14O5.C10H13BrO4.C10H14O4.C9H10O4.C6H5BrO2.C6H6O2.C4H8O.C2H5ClO.ClH/c1-13-7-15-10-4-3-5-11(9(10)6-12)16-8-14-2;1-12-6-14-8-4-3-5-9(10(8)11)15-7-13-2;1-11-7-13-9-4-3-5-10(6-9)14-8-12-2;1-12-6-13-9-4-2-3-8(11)7(9)5-10;7-6-4(8)2-1-3-5(6)9;7-5-2-1-3-6(8)4-5;1-2-4-5-3-1;1-4-2-3;/h3-6H,7-8H2,1-2H3;3-5H,6-7H2,1-2H3;3-6H,7-8H2,1-2H3;2-5,11H,6H2,1H3;1-3,8-9H;1-4,7-8H;1-4H2;2H2,1H3;1H. The molecule has 1 saturated heterocycles. The second kappa shape index (κ2) is 54.1. The number of ether oxygens (including phenoxy) is 16. The van der Waals surface area contributed by atoms with E-state index in [1.54, 1.807) is 84.1 Å². The highest BCUT2D eigenvalue weighted by Crippen LogP contribution is 2.35. The van der Waals surface area contributed by atoms with Gasteiger partial charge < -0.3 is 101 Å². The molecule has 5 N–H and O–H groups in total. The van der Waals surface area contributed by atoms with Crippen LogP contribution in [-0.2, 0) is 42.6 Å². The lowest BCUT2D eigenvalue weighted by molar-refractivity contribution is 0.0446. The molecule has 1 heterocycles. The SMILES string of the molecule is C1CCOC1.COCCl.COCOc1cccc(O)c1C=O.COCOc1cccc(OCOC)c1.COCOc1cccc(OCOC)c1Br.COCOc1cccc(OCOC)c1C=O.Cl.Oc1cccc(O)c1.Oc1cccc(O)c1Br. The van der Waals surface area contributed by atoms with E-state index in [2.05, 4.69) is 41.3 Å². The van der Waals surface area contributed by atoms with E-state index in [0.717, 1.165) is 17.7 Å². The third kappa shape index (κ3) is 38.2. The number of halogens is 4. The minimum atomic E-state index is -0.0939. The van der Waals surface area contributed by atoms with Crippen molar-refractivity contribution >= 4 is 68.4 Å². The molecule has 0 amide bonds. The summed E-state index contributed by atoms with van der Waals surface area (Å²) in [5.74, 6) is 4.10. The number of methoxy groups -OCH3 is 8. The number of alkyl halides is 1. The molecule has 1 aliphatic rings. The third-order valence-electron chi connectivity index (χ3n) is 9.11. The predicted octanol–water partition coefficient (Wildman–Crippen LogP) is 11.7. The van der Waals surface area contributed by atoms with Gasteiger partial charge >= 0.3 is 0 Å². The van der Waals surface area contributed by atoms with Gasteiger partial charge in [-0.3, -0.25) is 9.59 Å². The van der Waals surface area contributed by atoms with E-state index in [4.69, 9.17) is 98.3 Å². The summed E-state index contributed by atoms with van der Waals surface area (Å²) in [6.45, 7) is 3.06. The van der Waals surface area contributed by atoms with Crippen molar-refractivity contribution in [3.63, 3.8) is 0 Å². The summed E-state index contributed by atoms with van der Waals surface area (Å²) in [5, 5.41) is 44.3. The van der Waals surface area contributed by atoms with Gasteiger partial charge in [0.05, 0.1) is 11.1 Å². The fourth-order valence-corrected chi connectivity index (χ4v) is 6.17. The van der Waals surface area contributed by atoms with Crippen LogP contribution in [-0.4, -0.2) is 162 Å². The first-order chi connectivity index (χ1) is 40.7. The van der Waals surface area contributed by atoms with Crippen LogP contribution in [0.1, 0.15) is 33.6 Å². The summed E-state index contributed by atoms with van der Waals surface area (Å²) in [6, 6.07) is 33.1. The molecule has 474 valence electrons. The van der Waals surface area contributed by atoms with E-state index in [1.165, 1.54) is 70.6 Å². The number of phenols is 5. The summed E-state index contributed by atoms with van der Waals surface area (Å²) in [6.07, 6.45) is 3.77. The summed E-state index contributed by atoms with van der Waals surface area (Å²) in [4.78, 5) is 21.5. The van der Waals surface area contributed by atoms with E-state index in [0.29, 0.717) is 68.9 Å². The lowest BCUT2D eigenvalue weighted by Gasteiger charge is -2.11. The fourth-order valence-electron chi connectivity index (χ4n) is 5.41. The van der Waals surface area contributed by atoms with E-state index in [1.807, 2.05) is 36.4 Å². The summed E-state index contributed by atoms with van der Waals surface area (Å²) < 4.78 is 80.3. The molecule has 1 fully saturated rings. The van der Waals surface area contributed by atoms with Crippen LogP contribution in [0.25, 0.3) is 0 Å². The van der Waals surface area contributed by atoms with Crippen LogP contribution in [0.3, 0.4) is 0 Å². The van der Waals surface area contributed by atoms with Crippen LogP contribution >= 0.6 is 55.9 Å².